The van der Waals surface area contributed by atoms with Crippen LogP contribution in [0.25, 0.3) is 0 Å². The summed E-state index contributed by atoms with van der Waals surface area (Å²) in [5, 5.41) is 3.19. The van der Waals surface area contributed by atoms with Crippen LogP contribution in [0.3, 0.4) is 0 Å². The fourth-order valence-electron chi connectivity index (χ4n) is 8.74. The van der Waals surface area contributed by atoms with Gasteiger partial charge in [0.25, 0.3) is 0 Å². The molecule has 1 aromatic carbocycles. The van der Waals surface area contributed by atoms with Crippen molar-refractivity contribution < 1.29 is 14.3 Å². The second kappa shape index (κ2) is 8.17. The minimum absolute atomic E-state index is 0.0219. The van der Waals surface area contributed by atoms with Crippen LogP contribution in [0.15, 0.2) is 29.8 Å². The number of unbranched alkanes of at least 4 members (excludes halogenated alkanes) is 4. The Morgan fingerprint density at radius 3 is 3.00 bits per heavy atom. The zero-order chi connectivity index (χ0) is 23.7. The molecule has 4 fully saturated rings. The van der Waals surface area contributed by atoms with Crippen molar-refractivity contribution in [2.45, 2.75) is 88.3 Å². The molecule has 1 aromatic rings. The van der Waals surface area contributed by atoms with Crippen molar-refractivity contribution in [2.75, 3.05) is 29.9 Å². The van der Waals surface area contributed by atoms with Crippen molar-refractivity contribution in [3.8, 4) is 0 Å². The number of nitrogens with zero attached hydrogens (tertiary/aromatic N) is 2. The van der Waals surface area contributed by atoms with E-state index in [1.807, 2.05) is 6.07 Å². The fraction of sp³-hybridized carbons (Fsp3) is 0.655. The Kier molecular flexibility index (Phi) is 5.15. The van der Waals surface area contributed by atoms with Crippen LogP contribution < -0.4 is 10.2 Å². The number of anilines is 2. The van der Waals surface area contributed by atoms with E-state index in [0.717, 1.165) is 43.7 Å². The molecule has 5 aliphatic heterocycles. The first-order chi connectivity index (χ1) is 17.1. The Morgan fingerprint density at radius 2 is 2.11 bits per heavy atom. The molecule has 1 saturated carbocycles. The topological polar surface area (TPSA) is 61.9 Å². The second-order valence-corrected chi connectivity index (χ2v) is 11.7. The van der Waals surface area contributed by atoms with Gasteiger partial charge in [0.2, 0.25) is 11.8 Å². The summed E-state index contributed by atoms with van der Waals surface area (Å²) in [6.07, 6.45) is 11.4. The van der Waals surface area contributed by atoms with Gasteiger partial charge in [0.15, 0.2) is 0 Å². The molecule has 0 radical (unpaired) electrons. The lowest BCUT2D eigenvalue weighted by Gasteiger charge is -2.58. The largest absolute Gasteiger partial charge is 0.373 e. The van der Waals surface area contributed by atoms with Crippen molar-refractivity contribution in [3.63, 3.8) is 0 Å². The zero-order valence-electron chi connectivity index (χ0n) is 20.8. The van der Waals surface area contributed by atoms with Crippen molar-refractivity contribution in [1.82, 2.24) is 4.90 Å². The average Bonchev–Trinajstić information content (AvgIpc) is 3.32. The molecule has 6 aliphatic rings. The SMILES string of the molecule is CCCCCCCC(=O)Nc1ccc2c(c1)[C@@]13CCN4CC5=CCO[C@H]6CC(=O)N2[C@H]1[C@H]6[C@H]5C[C@H]43. The van der Waals surface area contributed by atoms with Crippen LogP contribution in [-0.4, -0.2) is 54.6 Å². The minimum atomic E-state index is -0.0506. The van der Waals surface area contributed by atoms with E-state index in [2.05, 4.69) is 40.2 Å². The summed E-state index contributed by atoms with van der Waals surface area (Å²) in [5.74, 6) is 1.20. The number of piperidine rings is 2. The molecule has 2 amide bonds. The number of hydrogen-bond acceptors (Lipinski definition) is 4. The lowest BCUT2D eigenvalue weighted by atomic mass is 9.53. The van der Waals surface area contributed by atoms with E-state index in [4.69, 9.17) is 4.74 Å². The Labute approximate surface area is 208 Å². The number of amides is 2. The van der Waals surface area contributed by atoms with Gasteiger partial charge in [-0.15, -0.1) is 0 Å². The molecule has 6 atom stereocenters. The van der Waals surface area contributed by atoms with Crippen LogP contribution in [0.1, 0.15) is 70.3 Å². The highest BCUT2D eigenvalue weighted by molar-refractivity contribution is 6.00. The van der Waals surface area contributed by atoms with E-state index in [0.29, 0.717) is 37.3 Å². The molecular weight excluding hydrogens is 438 g/mol. The van der Waals surface area contributed by atoms with Gasteiger partial charge in [-0.1, -0.05) is 44.3 Å². The third-order valence-corrected chi connectivity index (χ3v) is 10.1. The smallest absolute Gasteiger partial charge is 0.229 e. The molecule has 0 aromatic heterocycles. The molecule has 1 aliphatic carbocycles. The number of rotatable bonds is 7. The number of nitrogens with one attached hydrogen (secondary N) is 1. The number of benzene rings is 1. The average molecular weight is 476 g/mol. The lowest BCUT2D eigenvalue weighted by Crippen LogP contribution is -2.69. The molecule has 6 nitrogen and oxygen atoms in total. The number of carbonyl (C=O) groups excluding carboxylic acids is 2. The number of carbonyl (C=O) groups is 2. The van der Waals surface area contributed by atoms with Crippen LogP contribution in [0.2, 0.25) is 0 Å². The van der Waals surface area contributed by atoms with Crippen LogP contribution in [0, 0.1) is 11.8 Å². The molecule has 2 bridgehead atoms. The van der Waals surface area contributed by atoms with E-state index in [-0.39, 0.29) is 29.4 Å². The summed E-state index contributed by atoms with van der Waals surface area (Å²) in [4.78, 5) is 31.1. The molecule has 3 saturated heterocycles. The molecule has 0 unspecified atom stereocenters. The standard InChI is InChI=1S/C29H37N3O3/c1-2-3-4-5-6-7-25(33)30-19-8-9-22-21(14-19)29-11-12-31-17-18-10-13-35-23-16-26(34)32(22)28(29)27(23)20(18)15-24(29)31/h8-10,14,20,23-24,27-28H,2-7,11-13,15-17H2,1H3,(H,30,33)/t20-,23-,24-,27-,28-,29+/m0/s1. The third kappa shape index (κ3) is 3.08. The van der Waals surface area contributed by atoms with Crippen LogP contribution in [0.4, 0.5) is 11.4 Å². The van der Waals surface area contributed by atoms with Gasteiger partial charge in [-0.05, 0) is 55.5 Å². The highest BCUT2D eigenvalue weighted by atomic mass is 16.5. The maximum absolute atomic E-state index is 13.6. The molecule has 1 spiro atoms. The minimum Gasteiger partial charge on any atom is -0.373 e. The van der Waals surface area contributed by atoms with Crippen molar-refractivity contribution in [2.24, 2.45) is 11.8 Å². The van der Waals surface area contributed by atoms with Gasteiger partial charge in [-0.2, -0.15) is 0 Å². The summed E-state index contributed by atoms with van der Waals surface area (Å²) in [6.45, 7) is 4.98. The van der Waals surface area contributed by atoms with E-state index >= 15 is 0 Å². The van der Waals surface area contributed by atoms with E-state index in [9.17, 15) is 9.59 Å². The van der Waals surface area contributed by atoms with Crippen molar-refractivity contribution >= 4 is 23.2 Å². The molecular formula is C29H37N3O3. The highest BCUT2D eigenvalue weighted by Crippen LogP contribution is 2.65. The Bertz CT molecular complexity index is 1100. The van der Waals surface area contributed by atoms with Gasteiger partial charge in [-0.25, -0.2) is 0 Å². The first-order valence-corrected chi connectivity index (χ1v) is 13.9. The molecule has 5 heterocycles. The van der Waals surface area contributed by atoms with Gasteiger partial charge >= 0.3 is 0 Å². The number of ether oxygens (including phenoxy) is 1. The van der Waals surface area contributed by atoms with E-state index in [1.54, 1.807) is 5.57 Å². The number of hydrogen-bond donors (Lipinski definition) is 1. The summed E-state index contributed by atoms with van der Waals surface area (Å²) >= 11 is 0. The van der Waals surface area contributed by atoms with Gasteiger partial charge < -0.3 is 15.0 Å². The Hall–Kier alpha value is -2.18. The summed E-state index contributed by atoms with van der Waals surface area (Å²) in [7, 11) is 0. The monoisotopic (exact) mass is 475 g/mol. The third-order valence-electron chi connectivity index (χ3n) is 10.1. The molecule has 1 N–H and O–H groups in total. The molecule has 7 rings (SSSR count). The van der Waals surface area contributed by atoms with Gasteiger partial charge in [0.1, 0.15) is 0 Å². The van der Waals surface area contributed by atoms with E-state index in [1.165, 1.54) is 31.2 Å². The highest BCUT2D eigenvalue weighted by Gasteiger charge is 2.71. The quantitative estimate of drug-likeness (QED) is 0.469. The lowest BCUT2D eigenvalue weighted by molar-refractivity contribution is -0.132. The van der Waals surface area contributed by atoms with Gasteiger partial charge in [0, 0.05) is 41.7 Å². The predicted molar refractivity (Wildman–Crippen MR) is 135 cm³/mol. The number of fused-ring (bicyclic) bond motifs is 2. The maximum atomic E-state index is 13.6. The summed E-state index contributed by atoms with van der Waals surface area (Å²) in [5.41, 5.74) is 4.75. The summed E-state index contributed by atoms with van der Waals surface area (Å²) < 4.78 is 6.33. The predicted octanol–water partition coefficient (Wildman–Crippen LogP) is 4.39. The first-order valence-electron chi connectivity index (χ1n) is 13.9. The van der Waals surface area contributed by atoms with E-state index < -0.39 is 0 Å². The van der Waals surface area contributed by atoms with Crippen LogP contribution in [-0.2, 0) is 19.7 Å². The van der Waals surface area contributed by atoms with Crippen molar-refractivity contribution in [1.29, 1.82) is 0 Å². The Morgan fingerprint density at radius 1 is 1.23 bits per heavy atom. The van der Waals surface area contributed by atoms with Gasteiger partial charge in [-0.3, -0.25) is 14.5 Å². The molecule has 6 heteroatoms. The summed E-state index contributed by atoms with van der Waals surface area (Å²) in [6, 6.07) is 6.97. The second-order valence-electron chi connectivity index (χ2n) is 11.7. The molecule has 35 heavy (non-hydrogen) atoms. The zero-order valence-corrected chi connectivity index (χ0v) is 20.8. The maximum Gasteiger partial charge on any atom is 0.229 e. The van der Waals surface area contributed by atoms with Crippen LogP contribution in [0.5, 0.6) is 0 Å². The van der Waals surface area contributed by atoms with Gasteiger partial charge in [0.05, 0.1) is 25.2 Å². The fourth-order valence-corrected chi connectivity index (χ4v) is 8.74. The first kappa shape index (κ1) is 22.1. The molecule has 186 valence electrons. The Balaban J connectivity index is 1.23. The normalized spacial score (nSPS) is 36.0. The van der Waals surface area contributed by atoms with Crippen LogP contribution >= 0.6 is 0 Å². The van der Waals surface area contributed by atoms with Crippen molar-refractivity contribution in [3.05, 3.63) is 35.4 Å².